The lowest BCUT2D eigenvalue weighted by Gasteiger charge is -2.16. The van der Waals surface area contributed by atoms with Gasteiger partial charge in [0.2, 0.25) is 5.95 Å². The minimum Gasteiger partial charge on any atom is -0.486 e. The van der Waals surface area contributed by atoms with Crippen LogP contribution in [0.4, 0.5) is 5.95 Å². The lowest BCUT2D eigenvalue weighted by atomic mass is 10.1. The van der Waals surface area contributed by atoms with Crippen LogP contribution >= 0.6 is 27.5 Å². The number of aromatic nitrogens is 3. The van der Waals surface area contributed by atoms with Crippen LogP contribution in [0, 0.1) is 0 Å². The number of pyridine rings is 1. The van der Waals surface area contributed by atoms with E-state index in [-0.39, 0.29) is 18.2 Å². The number of carbonyl (C=O) groups excluding carboxylic acids is 1. The first-order chi connectivity index (χ1) is 13.5. The quantitative estimate of drug-likeness (QED) is 0.457. The van der Waals surface area contributed by atoms with Crippen LogP contribution in [0.25, 0.3) is 16.4 Å². The molecule has 2 aromatic heterocycles. The molecule has 0 fully saturated rings. The van der Waals surface area contributed by atoms with Gasteiger partial charge in [0.15, 0.2) is 17.1 Å². The summed E-state index contributed by atoms with van der Waals surface area (Å²) in [5.41, 5.74) is 7.22. The summed E-state index contributed by atoms with van der Waals surface area (Å²) in [5.74, 6) is -0.301. The number of esters is 1. The average molecular weight is 462 g/mol. The Labute approximate surface area is 173 Å². The van der Waals surface area contributed by atoms with Crippen LogP contribution in [-0.2, 0) is 11.3 Å². The summed E-state index contributed by atoms with van der Waals surface area (Å²) in [4.78, 5) is 16.9. The van der Waals surface area contributed by atoms with E-state index in [9.17, 15) is 4.79 Å². The highest BCUT2D eigenvalue weighted by molar-refractivity contribution is 9.10. The molecule has 2 aromatic carbocycles. The molecule has 0 saturated heterocycles. The summed E-state index contributed by atoms with van der Waals surface area (Å²) in [6, 6.07) is 13.1. The van der Waals surface area contributed by atoms with Gasteiger partial charge in [-0.3, -0.25) is 0 Å². The molecule has 0 aliphatic rings. The van der Waals surface area contributed by atoms with Crippen LogP contribution in [0.1, 0.15) is 16.1 Å². The fourth-order valence-corrected chi connectivity index (χ4v) is 3.66. The zero-order chi connectivity index (χ0) is 19.8. The van der Waals surface area contributed by atoms with Gasteiger partial charge in [0, 0.05) is 15.2 Å². The van der Waals surface area contributed by atoms with Gasteiger partial charge in [-0.15, -0.1) is 5.10 Å². The Morgan fingerprint density at radius 3 is 2.71 bits per heavy atom. The fourth-order valence-electron chi connectivity index (χ4n) is 2.98. The predicted molar refractivity (Wildman–Crippen MR) is 110 cm³/mol. The van der Waals surface area contributed by atoms with Crippen LogP contribution in [0.15, 0.2) is 46.9 Å². The van der Waals surface area contributed by atoms with Crippen molar-refractivity contribution in [3.05, 3.63) is 63.2 Å². The van der Waals surface area contributed by atoms with Gasteiger partial charge < -0.3 is 15.2 Å². The van der Waals surface area contributed by atoms with Crippen molar-refractivity contribution in [3.63, 3.8) is 0 Å². The van der Waals surface area contributed by atoms with Gasteiger partial charge in [-0.2, -0.15) is 9.50 Å². The normalized spacial score (nSPS) is 11.1. The first kappa shape index (κ1) is 18.5. The van der Waals surface area contributed by atoms with E-state index >= 15 is 0 Å². The standard InChI is InChI=1S/C19H14BrClN4O3/c1-27-18(26)15-16(28-9-10-5-3-2-4-6-10)11-7-8-12(21)14(20)13(11)17-23-19(22)24-25(15)17/h2-8H,9H2,1H3,(H2,22,24). The maximum Gasteiger partial charge on any atom is 0.360 e. The van der Waals surface area contributed by atoms with Gasteiger partial charge >= 0.3 is 5.97 Å². The number of methoxy groups -OCH3 is 1. The number of hydrogen-bond donors (Lipinski definition) is 1. The molecule has 28 heavy (non-hydrogen) atoms. The Hall–Kier alpha value is -2.84. The van der Waals surface area contributed by atoms with Gasteiger partial charge in [-0.05, 0) is 33.6 Å². The first-order valence-electron chi connectivity index (χ1n) is 8.22. The van der Waals surface area contributed by atoms with E-state index in [0.29, 0.717) is 31.7 Å². The SMILES string of the molecule is COC(=O)c1c(OCc2ccccc2)c2ccc(Cl)c(Br)c2c2nc(N)nn12. The molecule has 0 saturated carbocycles. The van der Waals surface area contributed by atoms with E-state index in [1.165, 1.54) is 11.6 Å². The number of anilines is 1. The number of rotatable bonds is 4. The summed E-state index contributed by atoms with van der Waals surface area (Å²) in [5, 5.41) is 5.90. The van der Waals surface area contributed by atoms with Crippen LogP contribution in [0.5, 0.6) is 5.75 Å². The maximum absolute atomic E-state index is 12.6. The Morgan fingerprint density at radius 1 is 1.25 bits per heavy atom. The number of nitrogen functional groups attached to an aromatic ring is 1. The molecule has 0 bridgehead atoms. The van der Waals surface area contributed by atoms with E-state index in [0.717, 1.165) is 5.56 Å². The second-order valence-electron chi connectivity index (χ2n) is 5.93. The summed E-state index contributed by atoms with van der Waals surface area (Å²) in [7, 11) is 1.29. The number of hydrogen-bond acceptors (Lipinski definition) is 6. The van der Waals surface area contributed by atoms with Gasteiger partial charge in [-0.25, -0.2) is 4.79 Å². The summed E-state index contributed by atoms with van der Waals surface area (Å²) < 4.78 is 13.0. The topological polar surface area (TPSA) is 91.7 Å². The van der Waals surface area contributed by atoms with Crippen molar-refractivity contribution < 1.29 is 14.3 Å². The molecule has 0 aliphatic carbocycles. The van der Waals surface area contributed by atoms with Crippen LogP contribution < -0.4 is 10.5 Å². The van der Waals surface area contributed by atoms with Crippen molar-refractivity contribution in [1.29, 1.82) is 0 Å². The molecule has 0 aliphatic heterocycles. The van der Waals surface area contributed by atoms with E-state index < -0.39 is 5.97 Å². The van der Waals surface area contributed by atoms with Crippen molar-refractivity contribution in [1.82, 2.24) is 14.6 Å². The molecule has 0 radical (unpaired) electrons. The minimum absolute atomic E-state index is 0.0125. The van der Waals surface area contributed by atoms with Gasteiger partial charge in [0.1, 0.15) is 6.61 Å². The zero-order valence-corrected chi connectivity index (χ0v) is 17.0. The van der Waals surface area contributed by atoms with Crippen molar-refractivity contribution in [3.8, 4) is 5.75 Å². The van der Waals surface area contributed by atoms with Crippen molar-refractivity contribution in [2.45, 2.75) is 6.61 Å². The van der Waals surface area contributed by atoms with Crippen LogP contribution in [0.3, 0.4) is 0 Å². The molecule has 2 heterocycles. The van der Waals surface area contributed by atoms with E-state index in [2.05, 4.69) is 26.0 Å². The third-order valence-corrected chi connectivity index (χ3v) is 5.59. The average Bonchev–Trinajstić information content (AvgIpc) is 3.09. The predicted octanol–water partition coefficient (Wildman–Crippen LogP) is 4.25. The Kier molecular flexibility index (Phi) is 4.82. The van der Waals surface area contributed by atoms with Crippen LogP contribution in [-0.4, -0.2) is 27.7 Å². The highest BCUT2D eigenvalue weighted by Gasteiger charge is 2.26. The number of benzene rings is 2. The summed E-state index contributed by atoms with van der Waals surface area (Å²) in [6.45, 7) is 0.246. The molecule has 0 atom stereocenters. The second kappa shape index (κ2) is 7.29. The van der Waals surface area contributed by atoms with Crippen molar-refractivity contribution in [2.75, 3.05) is 12.8 Å². The highest BCUT2D eigenvalue weighted by atomic mass is 79.9. The molecule has 4 rings (SSSR count). The number of nitrogens with two attached hydrogens (primary N) is 1. The Balaban J connectivity index is 2.03. The minimum atomic E-state index is -0.620. The Morgan fingerprint density at radius 2 is 2.00 bits per heavy atom. The number of ether oxygens (including phenoxy) is 2. The molecule has 2 N–H and O–H groups in total. The largest absolute Gasteiger partial charge is 0.486 e. The third kappa shape index (κ3) is 3.04. The first-order valence-corrected chi connectivity index (χ1v) is 9.39. The number of carbonyl (C=O) groups is 1. The zero-order valence-electron chi connectivity index (χ0n) is 14.6. The molecule has 4 aromatic rings. The molecule has 0 amide bonds. The van der Waals surface area contributed by atoms with E-state index in [1.54, 1.807) is 12.1 Å². The number of halogens is 2. The molecule has 9 heteroatoms. The molecule has 7 nitrogen and oxygen atoms in total. The van der Waals surface area contributed by atoms with Gasteiger partial charge in [0.05, 0.1) is 12.1 Å². The lowest BCUT2D eigenvalue weighted by molar-refractivity contribution is 0.0585. The molecule has 0 unspecified atom stereocenters. The smallest absolute Gasteiger partial charge is 0.360 e. The van der Waals surface area contributed by atoms with Crippen molar-refractivity contribution >= 4 is 55.9 Å². The highest BCUT2D eigenvalue weighted by Crippen LogP contribution is 2.40. The second-order valence-corrected chi connectivity index (χ2v) is 7.13. The fraction of sp³-hybridized carbons (Fsp3) is 0.105. The van der Waals surface area contributed by atoms with Gasteiger partial charge in [0.25, 0.3) is 0 Å². The molecular formula is C19H14BrClN4O3. The summed E-state index contributed by atoms with van der Waals surface area (Å²) >= 11 is 9.78. The molecule has 0 spiro atoms. The van der Waals surface area contributed by atoms with E-state index in [4.69, 9.17) is 26.8 Å². The van der Waals surface area contributed by atoms with Crippen LogP contribution in [0.2, 0.25) is 5.02 Å². The monoisotopic (exact) mass is 460 g/mol. The molecular weight excluding hydrogens is 448 g/mol. The van der Waals surface area contributed by atoms with Crippen molar-refractivity contribution in [2.24, 2.45) is 0 Å². The number of fused-ring (bicyclic) bond motifs is 3. The van der Waals surface area contributed by atoms with E-state index in [1.807, 2.05) is 30.3 Å². The maximum atomic E-state index is 12.6. The summed E-state index contributed by atoms with van der Waals surface area (Å²) in [6.07, 6.45) is 0. The van der Waals surface area contributed by atoms with Gasteiger partial charge in [-0.1, -0.05) is 41.9 Å². The molecule has 142 valence electrons. The number of nitrogens with zero attached hydrogens (tertiary/aromatic N) is 3. The lowest BCUT2D eigenvalue weighted by Crippen LogP contribution is -2.13. The Bertz CT molecular complexity index is 1210. The third-order valence-electron chi connectivity index (χ3n) is 4.22.